The summed E-state index contributed by atoms with van der Waals surface area (Å²) in [5, 5.41) is 5.84. The van der Waals surface area contributed by atoms with Crippen LogP contribution in [0.4, 0.5) is 11.4 Å². The van der Waals surface area contributed by atoms with Gasteiger partial charge in [0.05, 0.1) is 35.2 Å². The lowest BCUT2D eigenvalue weighted by Crippen LogP contribution is -2.11. The Hall–Kier alpha value is -4.84. The van der Waals surface area contributed by atoms with Crippen molar-refractivity contribution in [2.24, 2.45) is 0 Å². The van der Waals surface area contributed by atoms with Crippen LogP contribution in [0.15, 0.2) is 98.3 Å². The van der Waals surface area contributed by atoms with E-state index in [1.165, 1.54) is 0 Å². The van der Waals surface area contributed by atoms with Crippen LogP contribution < -0.4 is 10.6 Å². The Morgan fingerprint density at radius 2 is 1.31 bits per heavy atom. The normalized spacial score (nSPS) is 9.05. The van der Waals surface area contributed by atoms with Gasteiger partial charge in [-0.05, 0) is 53.6 Å². The van der Waals surface area contributed by atoms with Gasteiger partial charge < -0.3 is 10.6 Å². The fourth-order valence-corrected chi connectivity index (χ4v) is 3.13. The van der Waals surface area contributed by atoms with Gasteiger partial charge in [-0.2, -0.15) is 0 Å². The molecule has 6 nitrogen and oxygen atoms in total. The number of hydrogen-bond acceptors (Lipinski definition) is 5. The Morgan fingerprint density at radius 3 is 1.77 bits per heavy atom. The van der Waals surface area contributed by atoms with E-state index in [9.17, 15) is 9.59 Å². The van der Waals surface area contributed by atoms with Crippen molar-refractivity contribution in [2.45, 2.75) is 27.7 Å². The van der Waals surface area contributed by atoms with Crippen LogP contribution >= 0.6 is 0 Å². The van der Waals surface area contributed by atoms with E-state index in [1.807, 2.05) is 83.3 Å². The minimum Gasteiger partial charge on any atom is -0.387 e. The van der Waals surface area contributed by atoms with Gasteiger partial charge in [-0.15, -0.1) is 0 Å². The third-order valence-corrected chi connectivity index (χ3v) is 5.06. The number of pyridine rings is 2. The number of nitrogens with zero attached hydrogens (tertiary/aromatic N) is 2. The number of carbonyl (C=O) groups excluding carboxylic acids is 2. The molecule has 1 amide bonds. The van der Waals surface area contributed by atoms with Gasteiger partial charge in [-0.3, -0.25) is 19.6 Å². The third kappa shape index (κ3) is 10.2. The predicted octanol–water partition coefficient (Wildman–Crippen LogP) is 8.28. The molecule has 0 spiro atoms. The van der Waals surface area contributed by atoms with E-state index in [0.717, 1.165) is 34.5 Å². The van der Waals surface area contributed by atoms with E-state index in [0.29, 0.717) is 16.8 Å². The molecule has 0 unspecified atom stereocenters. The number of hydrogen-bond donors (Lipinski definition) is 2. The molecule has 202 valence electrons. The Morgan fingerprint density at radius 1 is 0.744 bits per heavy atom. The zero-order chi connectivity index (χ0) is 29.0. The first kappa shape index (κ1) is 32.2. The van der Waals surface area contributed by atoms with Crippen molar-refractivity contribution in [3.05, 3.63) is 121 Å². The molecule has 0 bridgehead atoms. The van der Waals surface area contributed by atoms with Crippen molar-refractivity contribution >= 4 is 35.7 Å². The number of nitrogens with one attached hydrogen (secondary N) is 2. The van der Waals surface area contributed by atoms with Crippen molar-refractivity contribution in [3.63, 3.8) is 0 Å². The Balaban J connectivity index is 0.000000402. The number of rotatable bonds is 7. The van der Waals surface area contributed by atoms with E-state index in [4.69, 9.17) is 0 Å². The number of benzene rings is 2. The second-order valence-electron chi connectivity index (χ2n) is 7.35. The summed E-state index contributed by atoms with van der Waals surface area (Å²) in [6.45, 7) is 15.3. The van der Waals surface area contributed by atoms with E-state index >= 15 is 0 Å². The average molecular weight is 523 g/mol. The highest BCUT2D eigenvalue weighted by molar-refractivity contribution is 6.04. The zero-order valence-electron chi connectivity index (χ0n) is 23.4. The summed E-state index contributed by atoms with van der Waals surface area (Å²) in [5.41, 5.74) is 6.34. The van der Waals surface area contributed by atoms with E-state index in [1.54, 1.807) is 48.8 Å². The molecule has 39 heavy (non-hydrogen) atoms. The summed E-state index contributed by atoms with van der Waals surface area (Å²) >= 11 is 0. The van der Waals surface area contributed by atoms with Gasteiger partial charge in [0.1, 0.15) is 6.29 Å². The summed E-state index contributed by atoms with van der Waals surface area (Å²) in [6.07, 6.45) is 7.65. The summed E-state index contributed by atoms with van der Waals surface area (Å²) in [4.78, 5) is 31.2. The topological polar surface area (TPSA) is 84.0 Å². The lowest BCUT2D eigenvalue weighted by Gasteiger charge is -2.06. The fraction of sp³-hybridized carbons (Fsp3) is 0.152. The van der Waals surface area contributed by atoms with Crippen molar-refractivity contribution in [3.8, 4) is 11.4 Å². The number of amides is 1. The molecular formula is C33H38N4O2. The van der Waals surface area contributed by atoms with Gasteiger partial charge >= 0.3 is 0 Å². The molecule has 2 N–H and O–H groups in total. The molecule has 0 radical (unpaired) electrons. The molecule has 4 rings (SSSR count). The summed E-state index contributed by atoms with van der Waals surface area (Å²) < 4.78 is 0. The molecule has 4 aromatic rings. The summed E-state index contributed by atoms with van der Waals surface area (Å²) in [7, 11) is 1.85. The van der Waals surface area contributed by atoms with Crippen LogP contribution in [0, 0.1) is 0 Å². The maximum atomic E-state index is 12.1. The molecule has 0 aliphatic rings. The molecule has 0 atom stereocenters. The summed E-state index contributed by atoms with van der Waals surface area (Å²) in [5.74, 6) is -0.156. The maximum absolute atomic E-state index is 12.1. The Labute approximate surface area is 232 Å². The molecule has 0 aliphatic heterocycles. The second kappa shape index (κ2) is 18.4. The van der Waals surface area contributed by atoms with Gasteiger partial charge in [0.25, 0.3) is 5.91 Å². The van der Waals surface area contributed by atoms with Crippen LogP contribution in [0.5, 0.6) is 0 Å². The molecule has 2 heterocycles. The smallest absolute Gasteiger partial charge is 0.255 e. The van der Waals surface area contributed by atoms with Gasteiger partial charge in [-0.25, -0.2) is 0 Å². The molecule has 0 saturated carbocycles. The second-order valence-corrected chi connectivity index (χ2v) is 7.35. The molecule has 0 fully saturated rings. The molecule has 0 saturated heterocycles. The minimum absolute atomic E-state index is 0.156. The Bertz CT molecular complexity index is 1300. The van der Waals surface area contributed by atoms with Crippen LogP contribution in [0.25, 0.3) is 23.5 Å². The van der Waals surface area contributed by atoms with E-state index in [-0.39, 0.29) is 5.91 Å². The number of carbonyl (C=O) groups is 2. The lowest BCUT2D eigenvalue weighted by atomic mass is 10.0. The fourth-order valence-electron chi connectivity index (χ4n) is 3.13. The molecule has 6 heteroatoms. The molecule has 2 aromatic heterocycles. The number of anilines is 2. The van der Waals surface area contributed by atoms with Crippen LogP contribution in [0.1, 0.15) is 59.5 Å². The maximum Gasteiger partial charge on any atom is 0.255 e. The Kier molecular flexibility index (Phi) is 15.2. The van der Waals surface area contributed by atoms with Crippen molar-refractivity contribution in [1.82, 2.24) is 9.97 Å². The first-order valence-corrected chi connectivity index (χ1v) is 12.9. The van der Waals surface area contributed by atoms with Gasteiger partial charge in [-0.1, -0.05) is 83.3 Å². The SMILES string of the molecule is C=Cc1ccc(C=O)cc1C=C.CC.CC.CNc1ccc(-c2ccc(NC(=O)c3ccccc3)cn2)nc1. The first-order valence-electron chi connectivity index (χ1n) is 12.9. The van der Waals surface area contributed by atoms with Gasteiger partial charge in [0.2, 0.25) is 0 Å². The van der Waals surface area contributed by atoms with Crippen LogP contribution in [-0.2, 0) is 0 Å². The zero-order valence-corrected chi connectivity index (χ0v) is 23.4. The predicted molar refractivity (Wildman–Crippen MR) is 166 cm³/mol. The average Bonchev–Trinajstić information content (AvgIpc) is 3.03. The number of aromatic nitrogens is 2. The molecular weight excluding hydrogens is 484 g/mol. The third-order valence-electron chi connectivity index (χ3n) is 5.06. The highest BCUT2D eigenvalue weighted by Crippen LogP contribution is 2.18. The molecule has 2 aromatic carbocycles. The van der Waals surface area contributed by atoms with Crippen molar-refractivity contribution in [2.75, 3.05) is 17.7 Å². The van der Waals surface area contributed by atoms with Crippen LogP contribution in [0.2, 0.25) is 0 Å². The van der Waals surface area contributed by atoms with E-state index < -0.39 is 0 Å². The highest BCUT2D eigenvalue weighted by Gasteiger charge is 2.06. The summed E-state index contributed by atoms with van der Waals surface area (Å²) in [6, 6.07) is 22.0. The largest absolute Gasteiger partial charge is 0.387 e. The number of aldehydes is 1. The standard InChI is InChI=1S/C18H16N4O.C11H10O.2C2H6/c1-19-14-7-9-16(20-11-14)17-10-8-15(12-21-17)22-18(23)13-5-3-2-4-6-13;1-3-10-6-5-9(8-12)7-11(10)4-2;2*1-2/h2-12,19H,1H3,(H,22,23);3-8H,1-2H2;2*1-2H3. The first-order chi connectivity index (χ1) is 19.1. The quantitative estimate of drug-likeness (QED) is 0.239. The van der Waals surface area contributed by atoms with Crippen LogP contribution in [0.3, 0.4) is 0 Å². The lowest BCUT2D eigenvalue weighted by molar-refractivity contribution is 0.102. The van der Waals surface area contributed by atoms with Gasteiger partial charge in [0, 0.05) is 18.2 Å². The minimum atomic E-state index is -0.156. The van der Waals surface area contributed by atoms with E-state index in [2.05, 4.69) is 33.8 Å². The highest BCUT2D eigenvalue weighted by atomic mass is 16.1. The van der Waals surface area contributed by atoms with Crippen molar-refractivity contribution < 1.29 is 9.59 Å². The monoisotopic (exact) mass is 522 g/mol. The van der Waals surface area contributed by atoms with Gasteiger partial charge in [0.15, 0.2) is 0 Å². The van der Waals surface area contributed by atoms with Crippen LogP contribution in [-0.4, -0.2) is 29.2 Å². The molecule has 0 aliphatic carbocycles. The van der Waals surface area contributed by atoms with Crippen molar-refractivity contribution in [1.29, 1.82) is 0 Å².